The topological polar surface area (TPSA) is 77.7 Å². The second-order valence-electron chi connectivity index (χ2n) is 9.47. The van der Waals surface area contributed by atoms with E-state index in [1.165, 1.54) is 17.0 Å². The molecule has 2 N–H and O–H groups in total. The van der Waals surface area contributed by atoms with E-state index in [1.807, 2.05) is 37.4 Å². The van der Waals surface area contributed by atoms with Gasteiger partial charge in [-0.05, 0) is 48.6 Å². The number of hydrogen-bond acceptors (Lipinski definition) is 3. The number of alkyl halides is 3. The number of amides is 3. The number of H-pyrrole nitrogens is 1. The Bertz CT molecular complexity index is 1190. The predicted octanol–water partition coefficient (Wildman–Crippen LogP) is 5.61. The van der Waals surface area contributed by atoms with E-state index in [9.17, 15) is 22.8 Å². The highest BCUT2D eigenvalue weighted by atomic mass is 19.4. The molecule has 0 unspecified atom stereocenters. The molecule has 3 rings (SSSR count). The van der Waals surface area contributed by atoms with Gasteiger partial charge in [-0.1, -0.05) is 43.7 Å². The summed E-state index contributed by atoms with van der Waals surface area (Å²) in [6.07, 6.45) is 0.344. The third-order valence-corrected chi connectivity index (χ3v) is 6.53. The van der Waals surface area contributed by atoms with Crippen molar-refractivity contribution in [3.8, 4) is 0 Å². The number of rotatable bonds is 14. The summed E-state index contributed by atoms with van der Waals surface area (Å²) < 4.78 is 44.3. The zero-order valence-corrected chi connectivity index (χ0v) is 22.5. The van der Waals surface area contributed by atoms with Gasteiger partial charge in [0.25, 0.3) is 0 Å². The highest BCUT2D eigenvalue weighted by molar-refractivity contribution is 5.85. The number of aromatic amines is 1. The number of methoxy groups -OCH3 is 1. The summed E-state index contributed by atoms with van der Waals surface area (Å²) in [5, 5.41) is 3.92. The third kappa shape index (κ3) is 9.02. The summed E-state index contributed by atoms with van der Waals surface area (Å²) in [6.45, 7) is 3.65. The number of carbonyl (C=O) groups excluding carboxylic acids is 2. The number of nitrogens with zero attached hydrogens (tertiary/aromatic N) is 2. The summed E-state index contributed by atoms with van der Waals surface area (Å²) in [5.41, 5.74) is 1.86. The highest BCUT2D eigenvalue weighted by Crippen LogP contribution is 2.29. The van der Waals surface area contributed by atoms with Crippen LogP contribution < -0.4 is 5.32 Å². The Balaban J connectivity index is 1.78. The van der Waals surface area contributed by atoms with Crippen LogP contribution >= 0.6 is 0 Å². The number of nitrogens with one attached hydrogen (secondary N) is 2. The fraction of sp³-hybridized carbons (Fsp3) is 0.448. The van der Waals surface area contributed by atoms with Crippen molar-refractivity contribution in [3.05, 3.63) is 71.4 Å². The Kier molecular flexibility index (Phi) is 11.2. The molecule has 2 aromatic carbocycles. The van der Waals surface area contributed by atoms with E-state index >= 15 is 0 Å². The van der Waals surface area contributed by atoms with Gasteiger partial charge in [-0.25, -0.2) is 4.79 Å². The maximum Gasteiger partial charge on any atom is 0.416 e. The molecular weight excluding hydrogens is 509 g/mol. The van der Waals surface area contributed by atoms with Gasteiger partial charge in [-0.3, -0.25) is 4.79 Å². The van der Waals surface area contributed by atoms with E-state index in [1.54, 1.807) is 12.0 Å². The Morgan fingerprint density at radius 1 is 1.00 bits per heavy atom. The Morgan fingerprint density at radius 2 is 1.74 bits per heavy atom. The first-order chi connectivity index (χ1) is 18.7. The van der Waals surface area contributed by atoms with Gasteiger partial charge < -0.3 is 24.8 Å². The van der Waals surface area contributed by atoms with Crippen molar-refractivity contribution < 1.29 is 27.5 Å². The van der Waals surface area contributed by atoms with Crippen molar-refractivity contribution in [2.45, 2.75) is 45.3 Å². The van der Waals surface area contributed by atoms with Crippen molar-refractivity contribution in [2.75, 3.05) is 39.9 Å². The lowest BCUT2D eigenvalue weighted by Gasteiger charge is -2.28. The number of carbonyl (C=O) groups is 2. The quantitative estimate of drug-likeness (QED) is 0.258. The Labute approximate surface area is 227 Å². The number of benzene rings is 2. The number of halogens is 3. The standard InChI is InChI=1S/C29H37F3N4O3/c1-3-4-15-33-28(38)36(16-7-18-39-2)21-27(37)35(20-22-10-12-24(13-11-22)29(30,31)32)17-14-23-19-34-26-9-6-5-8-25(23)26/h5-6,8-13,19,34H,3-4,7,14-18,20-21H2,1-2H3,(H,33,38). The molecule has 0 bridgehead atoms. The molecule has 1 heterocycles. The number of urea groups is 1. The summed E-state index contributed by atoms with van der Waals surface area (Å²) in [4.78, 5) is 32.7. The van der Waals surface area contributed by atoms with Gasteiger partial charge in [0.05, 0.1) is 5.56 Å². The van der Waals surface area contributed by atoms with Crippen LogP contribution in [0.3, 0.4) is 0 Å². The lowest BCUT2D eigenvalue weighted by Crippen LogP contribution is -2.47. The van der Waals surface area contributed by atoms with Crippen LogP contribution in [-0.2, 0) is 28.7 Å². The maximum atomic E-state index is 13.6. The van der Waals surface area contributed by atoms with Crippen LogP contribution in [0.1, 0.15) is 42.9 Å². The molecule has 1 aromatic heterocycles. The summed E-state index contributed by atoms with van der Waals surface area (Å²) in [6, 6.07) is 12.4. The molecule has 0 aliphatic rings. The van der Waals surface area contributed by atoms with E-state index in [4.69, 9.17) is 4.74 Å². The van der Waals surface area contributed by atoms with E-state index < -0.39 is 11.7 Å². The van der Waals surface area contributed by atoms with Crippen LogP contribution in [0.25, 0.3) is 10.9 Å². The molecule has 10 heteroatoms. The van der Waals surface area contributed by atoms with Crippen LogP contribution in [0, 0.1) is 0 Å². The molecule has 3 amide bonds. The fourth-order valence-corrected chi connectivity index (χ4v) is 4.30. The Hall–Kier alpha value is -3.53. The van der Waals surface area contributed by atoms with Gasteiger partial charge >= 0.3 is 12.2 Å². The van der Waals surface area contributed by atoms with Gasteiger partial charge in [0.15, 0.2) is 0 Å². The van der Waals surface area contributed by atoms with Crippen LogP contribution in [0.4, 0.5) is 18.0 Å². The molecule has 3 aromatic rings. The molecule has 0 aliphatic heterocycles. The predicted molar refractivity (Wildman–Crippen MR) is 145 cm³/mol. The van der Waals surface area contributed by atoms with Gasteiger partial charge in [-0.15, -0.1) is 0 Å². The summed E-state index contributed by atoms with van der Waals surface area (Å²) in [5.74, 6) is -0.280. The van der Waals surface area contributed by atoms with Crippen LogP contribution in [0.5, 0.6) is 0 Å². The number of para-hydroxylation sites is 1. The molecule has 7 nitrogen and oxygen atoms in total. The van der Waals surface area contributed by atoms with E-state index in [2.05, 4.69) is 10.3 Å². The summed E-state index contributed by atoms with van der Waals surface area (Å²) in [7, 11) is 1.58. The van der Waals surface area contributed by atoms with Crippen molar-refractivity contribution in [2.24, 2.45) is 0 Å². The first-order valence-electron chi connectivity index (χ1n) is 13.2. The first kappa shape index (κ1) is 30.0. The molecule has 0 aliphatic carbocycles. The maximum absolute atomic E-state index is 13.6. The molecule has 0 spiro atoms. The van der Waals surface area contributed by atoms with Crippen LogP contribution in [-0.4, -0.2) is 66.6 Å². The second kappa shape index (κ2) is 14.6. The minimum absolute atomic E-state index is 0.128. The van der Waals surface area contributed by atoms with E-state index in [-0.39, 0.29) is 25.0 Å². The van der Waals surface area contributed by atoms with Gasteiger partial charge in [0.1, 0.15) is 6.54 Å². The highest BCUT2D eigenvalue weighted by Gasteiger charge is 2.30. The largest absolute Gasteiger partial charge is 0.416 e. The molecule has 0 saturated heterocycles. The molecule has 0 radical (unpaired) electrons. The Morgan fingerprint density at radius 3 is 2.44 bits per heavy atom. The normalized spacial score (nSPS) is 11.5. The SMILES string of the molecule is CCCCNC(=O)N(CCCOC)CC(=O)N(CCc1c[nH]c2ccccc12)Cc1ccc(C(F)(F)F)cc1. The molecule has 0 fully saturated rings. The first-order valence-corrected chi connectivity index (χ1v) is 13.2. The number of hydrogen-bond donors (Lipinski definition) is 2. The zero-order chi connectivity index (χ0) is 28.3. The van der Waals surface area contributed by atoms with Crippen molar-refractivity contribution in [1.29, 1.82) is 0 Å². The lowest BCUT2D eigenvalue weighted by molar-refractivity contribution is -0.137. The van der Waals surface area contributed by atoms with Crippen molar-refractivity contribution in [3.63, 3.8) is 0 Å². The number of fused-ring (bicyclic) bond motifs is 1. The minimum atomic E-state index is -4.43. The average molecular weight is 547 g/mol. The fourth-order valence-electron chi connectivity index (χ4n) is 4.30. The van der Waals surface area contributed by atoms with E-state index in [0.717, 1.165) is 41.4 Å². The minimum Gasteiger partial charge on any atom is -0.385 e. The molecular formula is C29H37F3N4O3. The second-order valence-corrected chi connectivity index (χ2v) is 9.47. The third-order valence-electron chi connectivity index (χ3n) is 6.53. The summed E-state index contributed by atoms with van der Waals surface area (Å²) >= 11 is 0. The average Bonchev–Trinajstić information content (AvgIpc) is 3.33. The van der Waals surface area contributed by atoms with Gasteiger partial charge in [0, 0.05) is 57.0 Å². The lowest BCUT2D eigenvalue weighted by atomic mass is 10.1. The van der Waals surface area contributed by atoms with Crippen LogP contribution in [0.15, 0.2) is 54.7 Å². The smallest absolute Gasteiger partial charge is 0.385 e. The monoisotopic (exact) mass is 546 g/mol. The van der Waals surface area contributed by atoms with Gasteiger partial charge in [-0.2, -0.15) is 13.2 Å². The number of aromatic nitrogens is 1. The van der Waals surface area contributed by atoms with E-state index in [0.29, 0.717) is 44.6 Å². The van der Waals surface area contributed by atoms with Crippen molar-refractivity contribution >= 4 is 22.8 Å². The van der Waals surface area contributed by atoms with Gasteiger partial charge in [0.2, 0.25) is 5.91 Å². The number of unbranched alkanes of at least 4 members (excludes halogenated alkanes) is 1. The molecule has 0 atom stereocenters. The zero-order valence-electron chi connectivity index (χ0n) is 22.5. The molecule has 39 heavy (non-hydrogen) atoms. The number of ether oxygens (including phenoxy) is 1. The van der Waals surface area contributed by atoms with Crippen molar-refractivity contribution in [1.82, 2.24) is 20.1 Å². The van der Waals surface area contributed by atoms with Crippen LogP contribution in [0.2, 0.25) is 0 Å². The molecule has 0 saturated carbocycles. The molecule has 212 valence electrons.